The van der Waals surface area contributed by atoms with Crippen LogP contribution in [0.1, 0.15) is 67.4 Å². The van der Waals surface area contributed by atoms with Crippen molar-refractivity contribution in [3.8, 4) is 0 Å². The van der Waals surface area contributed by atoms with E-state index in [1.807, 2.05) is 6.07 Å². The zero-order valence-electron chi connectivity index (χ0n) is 14.2. The normalized spacial score (nSPS) is 24.4. The molecule has 0 heterocycles. The van der Waals surface area contributed by atoms with Crippen molar-refractivity contribution in [2.45, 2.75) is 46.0 Å². The van der Waals surface area contributed by atoms with Crippen LogP contribution in [0.2, 0.25) is 0 Å². The van der Waals surface area contributed by atoms with Gasteiger partial charge in [0, 0.05) is 5.56 Å². The van der Waals surface area contributed by atoms with E-state index in [1.54, 1.807) is 18.2 Å². The number of carboxylic acid groups (broad SMARTS) is 1. The van der Waals surface area contributed by atoms with Crippen LogP contribution >= 0.6 is 0 Å². The Hall–Kier alpha value is -1.90. The molecule has 1 fully saturated rings. The average molecular weight is 314 g/mol. The lowest BCUT2D eigenvalue weighted by Crippen LogP contribution is -2.28. The minimum Gasteiger partial charge on any atom is -0.475 e. The van der Waals surface area contributed by atoms with Crippen molar-refractivity contribution in [2.24, 2.45) is 17.8 Å². The second kappa shape index (κ2) is 7.12. The van der Waals surface area contributed by atoms with Gasteiger partial charge < -0.3 is 5.11 Å². The third kappa shape index (κ3) is 3.72. The van der Waals surface area contributed by atoms with Crippen molar-refractivity contribution in [1.82, 2.24) is 0 Å². The fourth-order valence-corrected chi connectivity index (χ4v) is 3.90. The molecule has 3 nitrogen and oxygen atoms in total. The number of carboxylic acids is 1. The summed E-state index contributed by atoms with van der Waals surface area (Å²) < 4.78 is 0. The van der Waals surface area contributed by atoms with E-state index in [0.717, 1.165) is 24.0 Å². The molecule has 2 rings (SSSR count). The number of aliphatic carboxylic acids is 1. The number of benzene rings is 1. The first kappa shape index (κ1) is 17.5. The number of hydrogen-bond acceptors (Lipinski definition) is 2. The van der Waals surface area contributed by atoms with Crippen molar-refractivity contribution in [1.29, 1.82) is 0 Å². The van der Waals surface area contributed by atoms with Gasteiger partial charge in [-0.3, -0.25) is 4.79 Å². The molecule has 1 aromatic carbocycles. The number of hydrogen-bond donors (Lipinski definition) is 1. The van der Waals surface area contributed by atoms with Gasteiger partial charge in [-0.15, -0.1) is 0 Å². The fraction of sp³-hybridized carbons (Fsp3) is 0.500. The van der Waals surface area contributed by atoms with Gasteiger partial charge in [-0.25, -0.2) is 4.79 Å². The van der Waals surface area contributed by atoms with Crippen LogP contribution in [0.25, 0.3) is 6.08 Å². The average Bonchev–Trinajstić information content (AvgIpc) is 2.53. The Bertz CT molecular complexity index is 615. The molecular weight excluding hydrogens is 288 g/mol. The molecule has 1 saturated carbocycles. The lowest BCUT2D eigenvalue weighted by atomic mass is 9.66. The molecule has 1 N–H and O–H groups in total. The van der Waals surface area contributed by atoms with Crippen LogP contribution in [-0.2, 0) is 4.79 Å². The summed E-state index contributed by atoms with van der Waals surface area (Å²) in [5.41, 5.74) is 2.16. The smallest absolute Gasteiger partial charge is 0.377 e. The number of carbonyl (C=O) groups is 2. The largest absolute Gasteiger partial charge is 0.475 e. The minimum absolute atomic E-state index is 0.233. The fourth-order valence-electron chi connectivity index (χ4n) is 3.90. The van der Waals surface area contributed by atoms with E-state index < -0.39 is 11.8 Å². The van der Waals surface area contributed by atoms with Crippen LogP contribution in [0.4, 0.5) is 0 Å². The third-order valence-corrected chi connectivity index (χ3v) is 5.17. The van der Waals surface area contributed by atoms with Crippen molar-refractivity contribution < 1.29 is 14.7 Å². The predicted octanol–water partition coefficient (Wildman–Crippen LogP) is 4.77. The van der Waals surface area contributed by atoms with E-state index in [0.29, 0.717) is 23.3 Å². The summed E-state index contributed by atoms with van der Waals surface area (Å²) in [5, 5.41) is 9.14. The third-order valence-electron chi connectivity index (χ3n) is 5.17. The van der Waals surface area contributed by atoms with E-state index in [4.69, 9.17) is 5.11 Å². The molecule has 0 radical (unpaired) electrons. The lowest BCUT2D eigenvalue weighted by molar-refractivity contribution is -0.131. The molecule has 0 aliphatic heterocycles. The highest BCUT2D eigenvalue weighted by Gasteiger charge is 2.34. The molecule has 1 unspecified atom stereocenters. The first-order valence-electron chi connectivity index (χ1n) is 8.39. The van der Waals surface area contributed by atoms with Gasteiger partial charge in [0.1, 0.15) is 0 Å². The molecule has 0 spiro atoms. The number of ketones is 1. The Morgan fingerprint density at radius 2 is 2.00 bits per heavy atom. The summed E-state index contributed by atoms with van der Waals surface area (Å²) in [4.78, 5) is 23.3. The van der Waals surface area contributed by atoms with Crippen molar-refractivity contribution in [3.05, 3.63) is 41.5 Å². The van der Waals surface area contributed by atoms with Gasteiger partial charge in [0.2, 0.25) is 0 Å². The maximum Gasteiger partial charge on any atom is 0.377 e. The monoisotopic (exact) mass is 314 g/mol. The molecule has 3 atom stereocenters. The molecule has 0 amide bonds. The molecular formula is C20H26O3. The second-order valence-corrected chi connectivity index (χ2v) is 7.12. The number of rotatable bonds is 5. The highest BCUT2D eigenvalue weighted by molar-refractivity contribution is 6.40. The summed E-state index contributed by atoms with van der Waals surface area (Å²) in [5.74, 6) is -0.384. The van der Waals surface area contributed by atoms with Crippen LogP contribution in [0, 0.1) is 17.8 Å². The van der Waals surface area contributed by atoms with Crippen LogP contribution in [0.3, 0.4) is 0 Å². The molecule has 0 saturated heterocycles. The van der Waals surface area contributed by atoms with E-state index in [9.17, 15) is 9.59 Å². The summed E-state index contributed by atoms with van der Waals surface area (Å²) in [6, 6.07) is 5.38. The van der Waals surface area contributed by atoms with Crippen LogP contribution in [-0.4, -0.2) is 16.9 Å². The SMILES string of the molecule is C=Cc1ccc(C(=O)C(=O)O)c([C@@H]2CC(C)CC[C@H]2C(C)C)c1. The van der Waals surface area contributed by atoms with Crippen molar-refractivity contribution in [3.63, 3.8) is 0 Å². The Morgan fingerprint density at radius 3 is 2.57 bits per heavy atom. The molecule has 23 heavy (non-hydrogen) atoms. The van der Waals surface area contributed by atoms with Crippen molar-refractivity contribution in [2.75, 3.05) is 0 Å². The molecule has 1 aromatic rings. The Morgan fingerprint density at radius 1 is 1.30 bits per heavy atom. The first-order valence-corrected chi connectivity index (χ1v) is 8.39. The van der Waals surface area contributed by atoms with Gasteiger partial charge in [0.25, 0.3) is 5.78 Å². The van der Waals surface area contributed by atoms with Gasteiger partial charge >= 0.3 is 5.97 Å². The number of Topliss-reactive ketones (excluding diaryl/α,β-unsaturated/α-hetero) is 1. The zero-order valence-corrected chi connectivity index (χ0v) is 14.2. The molecule has 1 aliphatic rings. The van der Waals surface area contributed by atoms with Gasteiger partial charge in [-0.1, -0.05) is 52.0 Å². The molecule has 0 aromatic heterocycles. The Balaban J connectivity index is 2.54. The summed E-state index contributed by atoms with van der Waals surface area (Å²) >= 11 is 0. The molecule has 0 bridgehead atoms. The molecule has 1 aliphatic carbocycles. The topological polar surface area (TPSA) is 54.4 Å². The summed E-state index contributed by atoms with van der Waals surface area (Å²) in [6.07, 6.45) is 5.07. The van der Waals surface area contributed by atoms with Gasteiger partial charge in [0.05, 0.1) is 0 Å². The molecule has 124 valence electrons. The van der Waals surface area contributed by atoms with Gasteiger partial charge in [-0.05, 0) is 53.7 Å². The maximum absolute atomic E-state index is 12.1. The number of carbonyl (C=O) groups excluding carboxylic acids is 1. The second-order valence-electron chi connectivity index (χ2n) is 7.12. The highest BCUT2D eigenvalue weighted by Crippen LogP contribution is 2.45. The summed E-state index contributed by atoms with van der Waals surface area (Å²) in [7, 11) is 0. The summed E-state index contributed by atoms with van der Waals surface area (Å²) in [6.45, 7) is 10.5. The van der Waals surface area contributed by atoms with Gasteiger partial charge in [0.15, 0.2) is 0 Å². The van der Waals surface area contributed by atoms with Crippen LogP contribution in [0.5, 0.6) is 0 Å². The van der Waals surface area contributed by atoms with Crippen molar-refractivity contribution >= 4 is 17.8 Å². The highest BCUT2D eigenvalue weighted by atomic mass is 16.4. The maximum atomic E-state index is 12.1. The predicted molar refractivity (Wildman–Crippen MR) is 92.6 cm³/mol. The van der Waals surface area contributed by atoms with E-state index >= 15 is 0 Å². The van der Waals surface area contributed by atoms with E-state index in [2.05, 4.69) is 27.4 Å². The quantitative estimate of drug-likeness (QED) is 0.629. The first-order chi connectivity index (χ1) is 10.8. The minimum atomic E-state index is -1.39. The lowest BCUT2D eigenvalue weighted by Gasteiger charge is -2.38. The Kier molecular flexibility index (Phi) is 5.40. The van der Waals surface area contributed by atoms with E-state index in [-0.39, 0.29) is 5.92 Å². The molecule has 3 heteroatoms. The standard InChI is InChI=1S/C20H26O3/c1-5-14-7-9-16(19(21)20(22)23)18(11-14)17-10-13(4)6-8-15(17)12(2)3/h5,7,9,11-13,15,17H,1,6,8,10H2,2-4H3,(H,22,23)/t13?,15-,17+/m0/s1. The Labute approximate surface area is 138 Å². The van der Waals surface area contributed by atoms with Crippen LogP contribution < -0.4 is 0 Å². The zero-order chi connectivity index (χ0) is 17.1. The van der Waals surface area contributed by atoms with Crippen LogP contribution in [0.15, 0.2) is 24.8 Å². The van der Waals surface area contributed by atoms with E-state index in [1.165, 1.54) is 6.42 Å². The van der Waals surface area contributed by atoms with Gasteiger partial charge in [-0.2, -0.15) is 0 Å².